The van der Waals surface area contributed by atoms with E-state index in [0.29, 0.717) is 0 Å². The van der Waals surface area contributed by atoms with E-state index in [-0.39, 0.29) is 10.4 Å². The van der Waals surface area contributed by atoms with Gasteiger partial charge < -0.3 is 10.9 Å². The first-order valence-corrected chi connectivity index (χ1v) is 3.84. The van der Waals surface area contributed by atoms with Crippen LogP contribution in [-0.2, 0) is 0 Å². The molecule has 0 heterocycles. The Hall–Kier alpha value is 0.715. The highest BCUT2D eigenvalue weighted by Crippen LogP contribution is 1.99. The molecule has 0 saturated heterocycles. The van der Waals surface area contributed by atoms with Crippen molar-refractivity contribution in [1.29, 1.82) is 0 Å². The molecule has 0 saturated carbocycles. The molecule has 0 atom stereocenters. The molecule has 0 aliphatic carbocycles. The predicted molar refractivity (Wildman–Crippen MR) is 46.9 cm³/mol. The molecule has 0 fully saturated rings. The van der Waals surface area contributed by atoms with Gasteiger partial charge in [-0.15, -0.1) is 22.4 Å². The lowest BCUT2D eigenvalue weighted by molar-refractivity contribution is 0.522. The van der Waals surface area contributed by atoms with Gasteiger partial charge in [0.2, 0.25) is 0 Å². The van der Waals surface area contributed by atoms with Crippen LogP contribution in [0.2, 0.25) is 0 Å². The third kappa shape index (κ3) is 6.71. The molecule has 0 spiro atoms. The minimum atomic E-state index is 0.0626. The summed E-state index contributed by atoms with van der Waals surface area (Å²) in [6.07, 6.45) is 0. The molecule has 0 aromatic heterocycles. The molecular formula is C4H12BIN2. The fourth-order valence-corrected chi connectivity index (χ4v) is 1.35. The van der Waals surface area contributed by atoms with Crippen molar-refractivity contribution < 1.29 is 0 Å². The zero-order valence-corrected chi connectivity index (χ0v) is 7.69. The van der Waals surface area contributed by atoms with Crippen LogP contribution in [0.1, 0.15) is 20.8 Å². The van der Waals surface area contributed by atoms with E-state index in [2.05, 4.69) is 48.4 Å². The minimum Gasteiger partial charge on any atom is -0.347 e. The largest absolute Gasteiger partial charge is 0.377 e. The molecule has 2 nitrogen and oxygen atoms in total. The second kappa shape index (κ2) is 3.03. The maximum Gasteiger partial charge on any atom is 0.377 e. The van der Waals surface area contributed by atoms with Gasteiger partial charge in [-0.25, -0.2) is 0 Å². The summed E-state index contributed by atoms with van der Waals surface area (Å²) < 4.78 is 0. The van der Waals surface area contributed by atoms with Crippen LogP contribution in [-0.4, -0.2) is 10.4 Å². The van der Waals surface area contributed by atoms with Gasteiger partial charge in [-0.1, -0.05) is 0 Å². The van der Waals surface area contributed by atoms with Gasteiger partial charge in [0.1, 0.15) is 0 Å². The first-order valence-electron chi connectivity index (χ1n) is 2.59. The third-order valence-corrected chi connectivity index (χ3v) is 0.882. The van der Waals surface area contributed by atoms with Crippen LogP contribution in [0, 0.1) is 0 Å². The van der Waals surface area contributed by atoms with E-state index in [9.17, 15) is 0 Å². The van der Waals surface area contributed by atoms with E-state index in [1.54, 1.807) is 0 Å². The van der Waals surface area contributed by atoms with Crippen molar-refractivity contribution in [2.45, 2.75) is 26.3 Å². The zero-order chi connectivity index (χ0) is 6.78. The van der Waals surface area contributed by atoms with Crippen molar-refractivity contribution in [2.24, 2.45) is 5.64 Å². The molecule has 0 amide bonds. The van der Waals surface area contributed by atoms with Crippen molar-refractivity contribution in [1.82, 2.24) is 5.23 Å². The second-order valence-corrected chi connectivity index (χ2v) is 4.14. The van der Waals surface area contributed by atoms with Crippen LogP contribution in [0.5, 0.6) is 0 Å². The van der Waals surface area contributed by atoms with E-state index in [1.165, 1.54) is 0 Å². The average Bonchev–Trinajstić information content (AvgIpc) is 1.21. The molecular weight excluding hydrogens is 214 g/mol. The SMILES string of the molecule is CC(C)(C)NB(N)I. The van der Waals surface area contributed by atoms with Crippen molar-refractivity contribution in [3.05, 3.63) is 0 Å². The number of nitrogens with one attached hydrogen (secondary N) is 1. The Kier molecular flexibility index (Phi) is 3.30. The Balaban J connectivity index is 3.39. The van der Waals surface area contributed by atoms with E-state index in [0.717, 1.165) is 0 Å². The van der Waals surface area contributed by atoms with Gasteiger partial charge in [-0.3, -0.25) is 0 Å². The molecule has 3 N–H and O–H groups in total. The number of nitrogens with two attached hydrogens (primary N) is 1. The molecule has 8 heavy (non-hydrogen) atoms. The molecule has 0 unspecified atom stereocenters. The van der Waals surface area contributed by atoms with Crippen LogP contribution in [0.15, 0.2) is 0 Å². The Labute approximate surface area is 64.6 Å². The molecule has 0 aromatic rings. The summed E-state index contributed by atoms with van der Waals surface area (Å²) in [6.45, 7) is 6.27. The molecule has 0 aromatic carbocycles. The van der Waals surface area contributed by atoms with E-state index in [1.807, 2.05) is 0 Å². The van der Waals surface area contributed by atoms with Gasteiger partial charge >= 0.3 is 4.84 Å². The van der Waals surface area contributed by atoms with Crippen LogP contribution in [0.4, 0.5) is 0 Å². The topological polar surface area (TPSA) is 38.0 Å². The van der Waals surface area contributed by atoms with Crippen LogP contribution < -0.4 is 10.9 Å². The van der Waals surface area contributed by atoms with Crippen molar-refractivity contribution in [3.63, 3.8) is 0 Å². The summed E-state index contributed by atoms with van der Waals surface area (Å²) >= 11 is 2.13. The maximum absolute atomic E-state index is 5.45. The minimum absolute atomic E-state index is 0.0626. The standard InChI is InChI=1S/C4H12BIN2/c1-4(2,3)8-5(6)7/h8H,7H2,1-3H3. The van der Waals surface area contributed by atoms with Crippen molar-refractivity contribution in [3.8, 4) is 0 Å². The summed E-state index contributed by atoms with van der Waals surface area (Å²) in [6, 6.07) is 0. The average molecular weight is 226 g/mol. The summed E-state index contributed by atoms with van der Waals surface area (Å²) in [4.78, 5) is 0.0626. The molecule has 0 rings (SSSR count). The molecule has 0 aliphatic heterocycles. The van der Waals surface area contributed by atoms with Gasteiger partial charge in [-0.2, -0.15) is 0 Å². The van der Waals surface area contributed by atoms with Crippen LogP contribution in [0.3, 0.4) is 0 Å². The highest BCUT2D eigenvalue weighted by molar-refractivity contribution is 14.1. The number of halogens is 1. The van der Waals surface area contributed by atoms with E-state index < -0.39 is 0 Å². The highest BCUT2D eigenvalue weighted by atomic mass is 127. The summed E-state index contributed by atoms with van der Waals surface area (Å²) in [5.74, 6) is 0. The highest BCUT2D eigenvalue weighted by Gasteiger charge is 2.13. The third-order valence-electron chi connectivity index (χ3n) is 0.571. The van der Waals surface area contributed by atoms with Crippen LogP contribution >= 0.6 is 22.4 Å². The van der Waals surface area contributed by atoms with Crippen LogP contribution in [0.25, 0.3) is 0 Å². The number of rotatable bonds is 1. The molecule has 0 radical (unpaired) electrons. The molecule has 0 aliphatic rings. The Morgan fingerprint density at radius 1 is 1.50 bits per heavy atom. The van der Waals surface area contributed by atoms with Gasteiger partial charge in [0.05, 0.1) is 0 Å². The molecule has 0 bridgehead atoms. The quantitative estimate of drug-likeness (QED) is 0.511. The van der Waals surface area contributed by atoms with Crippen molar-refractivity contribution in [2.75, 3.05) is 0 Å². The summed E-state index contributed by atoms with van der Waals surface area (Å²) in [7, 11) is 0. The fraction of sp³-hybridized carbons (Fsp3) is 1.00. The first-order chi connectivity index (χ1) is 3.42. The lowest BCUT2D eigenvalue weighted by Gasteiger charge is -2.20. The van der Waals surface area contributed by atoms with Gasteiger partial charge in [0, 0.05) is 5.54 Å². The first kappa shape index (κ1) is 8.71. The van der Waals surface area contributed by atoms with Gasteiger partial charge in [-0.05, 0) is 20.8 Å². The lowest BCUT2D eigenvalue weighted by atomic mass is 10.0. The summed E-state index contributed by atoms with van der Waals surface area (Å²) in [5.41, 5.74) is 5.59. The Bertz CT molecular complexity index is 68.9. The smallest absolute Gasteiger partial charge is 0.347 e. The normalized spacial score (nSPS) is 11.6. The maximum atomic E-state index is 5.45. The number of hydrogen-bond donors (Lipinski definition) is 2. The zero-order valence-electron chi connectivity index (χ0n) is 5.53. The van der Waals surface area contributed by atoms with E-state index >= 15 is 0 Å². The lowest BCUT2D eigenvalue weighted by Crippen LogP contribution is -2.48. The predicted octanol–water partition coefficient (Wildman–Crippen LogP) is 0.753. The fourth-order valence-electron chi connectivity index (χ4n) is 0.414. The molecule has 48 valence electrons. The van der Waals surface area contributed by atoms with Gasteiger partial charge in [0.25, 0.3) is 0 Å². The van der Waals surface area contributed by atoms with E-state index in [4.69, 9.17) is 5.64 Å². The molecule has 4 heteroatoms. The Morgan fingerprint density at radius 2 is 1.88 bits per heavy atom. The summed E-state index contributed by atoms with van der Waals surface area (Å²) in [5, 5.41) is 3.15. The van der Waals surface area contributed by atoms with Gasteiger partial charge in [0.15, 0.2) is 0 Å². The Morgan fingerprint density at radius 3 is 1.88 bits per heavy atom. The van der Waals surface area contributed by atoms with Crippen molar-refractivity contribution >= 4 is 27.2 Å². The second-order valence-electron chi connectivity index (χ2n) is 2.80. The monoisotopic (exact) mass is 226 g/mol. The number of hydrogen-bond acceptors (Lipinski definition) is 2.